The minimum Gasteiger partial charge on any atom is -0.327 e. The Balaban J connectivity index is 2.02. The molecule has 2 atom stereocenters. The van der Waals surface area contributed by atoms with E-state index >= 15 is 0 Å². The molecule has 1 aromatic carbocycles. The molecule has 3 N–H and O–H groups in total. The molecular weight excluding hydrogens is 294 g/mol. The maximum Gasteiger partial charge on any atom is 0.269 e. The highest BCUT2D eigenvalue weighted by Crippen LogP contribution is 2.23. The molecule has 1 aliphatic carbocycles. The van der Waals surface area contributed by atoms with E-state index in [0.717, 1.165) is 25.7 Å². The van der Waals surface area contributed by atoms with Crippen molar-refractivity contribution < 1.29 is 13.3 Å². The number of nitrogens with two attached hydrogens (primary N) is 1. The number of hydrogen-bond acceptors (Lipinski definition) is 5. The second-order valence-electron chi connectivity index (χ2n) is 5.31. The number of nitrogens with zero attached hydrogens (tertiary/aromatic N) is 1. The molecule has 0 saturated heterocycles. The first kappa shape index (κ1) is 15.9. The monoisotopic (exact) mass is 313 g/mol. The summed E-state index contributed by atoms with van der Waals surface area (Å²) in [5, 5.41) is 10.6. The molecule has 1 saturated carbocycles. The number of hydrogen-bond donors (Lipinski definition) is 2. The average molecular weight is 313 g/mol. The van der Waals surface area contributed by atoms with Crippen molar-refractivity contribution in [3.8, 4) is 0 Å². The molecule has 21 heavy (non-hydrogen) atoms. The summed E-state index contributed by atoms with van der Waals surface area (Å²) >= 11 is 0. The Bertz CT molecular complexity index is 600. The smallest absolute Gasteiger partial charge is 0.269 e. The number of sulfonamides is 1. The summed E-state index contributed by atoms with van der Waals surface area (Å²) in [4.78, 5) is 10.0. The van der Waals surface area contributed by atoms with Gasteiger partial charge in [0.25, 0.3) is 5.69 Å². The fraction of sp³-hybridized carbons (Fsp3) is 0.538. The molecular formula is C13H19N3O4S. The Morgan fingerprint density at radius 3 is 2.43 bits per heavy atom. The SMILES string of the molecule is N[C@@H]1CCCC[C@@H]1CNS(=O)(=O)c1ccc([N+](=O)[O-])cc1. The van der Waals surface area contributed by atoms with E-state index in [9.17, 15) is 18.5 Å². The second kappa shape index (κ2) is 6.50. The standard InChI is InChI=1S/C13H19N3O4S/c14-13-4-2-1-3-10(13)9-15-21(19,20)12-7-5-11(6-8-12)16(17)18/h5-8,10,13,15H,1-4,9,14H2/t10-,13-/m1/s1. The first-order valence-corrected chi connectivity index (χ1v) is 8.38. The molecule has 0 aromatic heterocycles. The van der Waals surface area contributed by atoms with Gasteiger partial charge in [0.15, 0.2) is 0 Å². The van der Waals surface area contributed by atoms with Crippen molar-refractivity contribution in [3.05, 3.63) is 34.4 Å². The average Bonchev–Trinajstić information content (AvgIpc) is 2.46. The molecule has 0 spiro atoms. The van der Waals surface area contributed by atoms with Gasteiger partial charge in [-0.25, -0.2) is 13.1 Å². The lowest BCUT2D eigenvalue weighted by molar-refractivity contribution is -0.384. The van der Waals surface area contributed by atoms with Crippen LogP contribution in [0.2, 0.25) is 0 Å². The fourth-order valence-electron chi connectivity index (χ4n) is 2.54. The zero-order valence-corrected chi connectivity index (χ0v) is 12.4. The van der Waals surface area contributed by atoms with Crippen LogP contribution in [0.1, 0.15) is 25.7 Å². The van der Waals surface area contributed by atoms with Crippen LogP contribution in [0.4, 0.5) is 5.69 Å². The predicted octanol–water partition coefficient (Wildman–Crippen LogP) is 1.39. The molecule has 1 fully saturated rings. The van der Waals surface area contributed by atoms with Crippen LogP contribution in [0.3, 0.4) is 0 Å². The van der Waals surface area contributed by atoms with Gasteiger partial charge >= 0.3 is 0 Å². The van der Waals surface area contributed by atoms with E-state index in [0.29, 0.717) is 6.54 Å². The van der Waals surface area contributed by atoms with E-state index in [2.05, 4.69) is 4.72 Å². The van der Waals surface area contributed by atoms with Gasteiger partial charge in [-0.05, 0) is 30.9 Å². The normalized spacial score (nSPS) is 22.9. The van der Waals surface area contributed by atoms with Crippen molar-refractivity contribution in [2.24, 2.45) is 11.7 Å². The van der Waals surface area contributed by atoms with E-state index in [1.807, 2.05) is 0 Å². The third-order valence-electron chi connectivity index (χ3n) is 3.86. The Labute approximate surface area is 123 Å². The van der Waals surface area contributed by atoms with Gasteiger partial charge in [0.2, 0.25) is 10.0 Å². The third-order valence-corrected chi connectivity index (χ3v) is 5.30. The van der Waals surface area contributed by atoms with Gasteiger partial charge in [-0.2, -0.15) is 0 Å². The van der Waals surface area contributed by atoms with Gasteiger partial charge in [-0.15, -0.1) is 0 Å². The predicted molar refractivity (Wildman–Crippen MR) is 78.2 cm³/mol. The summed E-state index contributed by atoms with van der Waals surface area (Å²) in [6.45, 7) is 0.306. The molecule has 1 aromatic rings. The molecule has 0 bridgehead atoms. The molecule has 7 nitrogen and oxygen atoms in total. The van der Waals surface area contributed by atoms with Crippen molar-refractivity contribution in [1.29, 1.82) is 0 Å². The lowest BCUT2D eigenvalue weighted by Crippen LogP contribution is -2.41. The Kier molecular flexibility index (Phi) is 4.92. The van der Waals surface area contributed by atoms with Gasteiger partial charge in [0.05, 0.1) is 9.82 Å². The van der Waals surface area contributed by atoms with E-state index in [1.54, 1.807) is 0 Å². The summed E-state index contributed by atoms with van der Waals surface area (Å²) in [6, 6.07) is 4.86. The summed E-state index contributed by atoms with van der Waals surface area (Å²) in [7, 11) is -3.65. The first-order chi connectivity index (χ1) is 9.90. The molecule has 0 amide bonds. The van der Waals surface area contributed by atoms with E-state index in [-0.39, 0.29) is 22.5 Å². The van der Waals surface area contributed by atoms with Crippen LogP contribution in [0.5, 0.6) is 0 Å². The number of nitro groups is 1. The second-order valence-corrected chi connectivity index (χ2v) is 7.08. The van der Waals surface area contributed by atoms with Gasteiger partial charge in [-0.3, -0.25) is 10.1 Å². The van der Waals surface area contributed by atoms with Gasteiger partial charge < -0.3 is 5.73 Å². The highest BCUT2D eigenvalue weighted by Gasteiger charge is 2.24. The van der Waals surface area contributed by atoms with Gasteiger partial charge in [-0.1, -0.05) is 12.8 Å². The minimum absolute atomic E-state index is 0.0254. The van der Waals surface area contributed by atoms with Crippen LogP contribution in [0, 0.1) is 16.0 Å². The molecule has 0 unspecified atom stereocenters. The molecule has 8 heteroatoms. The van der Waals surface area contributed by atoms with Crippen LogP contribution in [-0.2, 0) is 10.0 Å². The summed E-state index contributed by atoms with van der Waals surface area (Å²) in [5.74, 6) is 0.145. The van der Waals surface area contributed by atoms with Crippen LogP contribution in [-0.4, -0.2) is 25.9 Å². The lowest BCUT2D eigenvalue weighted by Gasteiger charge is -2.28. The Hall–Kier alpha value is -1.51. The minimum atomic E-state index is -3.65. The summed E-state index contributed by atoms with van der Waals surface area (Å²) in [6.07, 6.45) is 4.00. The van der Waals surface area contributed by atoms with Crippen molar-refractivity contribution >= 4 is 15.7 Å². The van der Waals surface area contributed by atoms with Crippen LogP contribution >= 0.6 is 0 Å². The molecule has 0 heterocycles. The molecule has 0 radical (unpaired) electrons. The van der Waals surface area contributed by atoms with Crippen molar-refractivity contribution in [1.82, 2.24) is 4.72 Å². The van der Waals surface area contributed by atoms with Crippen LogP contribution < -0.4 is 10.5 Å². The zero-order chi connectivity index (χ0) is 15.5. The zero-order valence-electron chi connectivity index (χ0n) is 11.6. The fourth-order valence-corrected chi connectivity index (χ4v) is 3.63. The summed E-state index contributed by atoms with van der Waals surface area (Å²) in [5.41, 5.74) is 5.85. The van der Waals surface area contributed by atoms with Crippen molar-refractivity contribution in [2.75, 3.05) is 6.54 Å². The van der Waals surface area contributed by atoms with Crippen molar-refractivity contribution in [2.45, 2.75) is 36.6 Å². The quantitative estimate of drug-likeness (QED) is 0.629. The largest absolute Gasteiger partial charge is 0.327 e. The number of non-ortho nitro benzene ring substituents is 1. The van der Waals surface area contributed by atoms with E-state index in [1.165, 1.54) is 24.3 Å². The van der Waals surface area contributed by atoms with Gasteiger partial charge in [0, 0.05) is 24.7 Å². The number of nitrogens with one attached hydrogen (secondary N) is 1. The van der Waals surface area contributed by atoms with Crippen LogP contribution in [0.25, 0.3) is 0 Å². The Morgan fingerprint density at radius 1 is 1.24 bits per heavy atom. The molecule has 2 rings (SSSR count). The molecule has 1 aliphatic rings. The first-order valence-electron chi connectivity index (χ1n) is 6.90. The summed E-state index contributed by atoms with van der Waals surface area (Å²) < 4.78 is 26.8. The Morgan fingerprint density at radius 2 is 1.86 bits per heavy atom. The molecule has 0 aliphatic heterocycles. The molecule has 116 valence electrons. The van der Waals surface area contributed by atoms with E-state index < -0.39 is 14.9 Å². The number of nitro benzene ring substituents is 1. The van der Waals surface area contributed by atoms with E-state index in [4.69, 9.17) is 5.73 Å². The third kappa shape index (κ3) is 3.99. The number of benzene rings is 1. The lowest BCUT2D eigenvalue weighted by atomic mass is 9.85. The highest BCUT2D eigenvalue weighted by atomic mass is 32.2. The van der Waals surface area contributed by atoms with Crippen LogP contribution in [0.15, 0.2) is 29.2 Å². The topological polar surface area (TPSA) is 115 Å². The van der Waals surface area contributed by atoms with Crippen molar-refractivity contribution in [3.63, 3.8) is 0 Å². The highest BCUT2D eigenvalue weighted by molar-refractivity contribution is 7.89. The van der Waals surface area contributed by atoms with Gasteiger partial charge in [0.1, 0.15) is 0 Å². The number of rotatable bonds is 5. The maximum absolute atomic E-state index is 12.1. The maximum atomic E-state index is 12.1.